The average molecular weight is 438 g/mol. The largest absolute Gasteiger partial charge is 0.481 e. The van der Waals surface area contributed by atoms with E-state index in [-0.39, 0.29) is 5.69 Å². The molecule has 5 nitrogen and oxygen atoms in total. The molecule has 0 saturated carbocycles. The van der Waals surface area contributed by atoms with Crippen LogP contribution in [0.5, 0.6) is 0 Å². The van der Waals surface area contributed by atoms with Crippen molar-refractivity contribution in [3.63, 3.8) is 0 Å². The van der Waals surface area contributed by atoms with Gasteiger partial charge in [0, 0.05) is 21.1 Å². The summed E-state index contributed by atoms with van der Waals surface area (Å²) in [5.41, 5.74) is 0.975. The molecule has 0 fully saturated rings. The van der Waals surface area contributed by atoms with Gasteiger partial charge < -0.3 is 5.11 Å². The second-order valence-corrected chi connectivity index (χ2v) is 9.13. The standard InChI is InChI=1S/C20H17Cl2NO4S/c1-3-19(13-4-6-15(21)7-5-13)28(26,27)23-17-9-8-16(22)10-14(17)11-18(23)12(2)20(24)25/h3-12,19H,1H2,2H3,(H,24,25). The Labute approximate surface area is 172 Å². The van der Waals surface area contributed by atoms with Crippen molar-refractivity contribution in [3.8, 4) is 0 Å². The first-order valence-corrected chi connectivity index (χ1v) is 10.6. The molecule has 0 bridgehead atoms. The Balaban J connectivity index is 2.30. The molecule has 1 N–H and O–H groups in total. The van der Waals surface area contributed by atoms with Crippen molar-refractivity contribution in [2.24, 2.45) is 0 Å². The maximum absolute atomic E-state index is 13.6. The number of fused-ring (bicyclic) bond motifs is 1. The van der Waals surface area contributed by atoms with Gasteiger partial charge in [-0.15, -0.1) is 6.58 Å². The molecular weight excluding hydrogens is 421 g/mol. The highest BCUT2D eigenvalue weighted by atomic mass is 35.5. The molecule has 0 amide bonds. The van der Waals surface area contributed by atoms with Gasteiger partial charge in [0.1, 0.15) is 5.25 Å². The second-order valence-electron chi connectivity index (χ2n) is 6.35. The van der Waals surface area contributed by atoms with Crippen LogP contribution in [-0.2, 0) is 14.8 Å². The lowest BCUT2D eigenvalue weighted by Crippen LogP contribution is -2.24. The highest BCUT2D eigenvalue weighted by molar-refractivity contribution is 7.90. The van der Waals surface area contributed by atoms with Crippen LogP contribution in [0.2, 0.25) is 10.0 Å². The van der Waals surface area contributed by atoms with Crippen molar-refractivity contribution in [1.82, 2.24) is 3.97 Å². The summed E-state index contributed by atoms with van der Waals surface area (Å²) in [6.07, 6.45) is 1.32. The van der Waals surface area contributed by atoms with E-state index in [0.29, 0.717) is 26.5 Å². The molecule has 0 aliphatic carbocycles. The summed E-state index contributed by atoms with van der Waals surface area (Å²) >= 11 is 11.9. The molecule has 8 heteroatoms. The molecule has 2 aromatic carbocycles. The molecule has 1 heterocycles. The number of aliphatic carboxylic acids is 1. The molecule has 28 heavy (non-hydrogen) atoms. The number of benzene rings is 2. The minimum Gasteiger partial charge on any atom is -0.481 e. The Bertz CT molecular complexity index is 1170. The van der Waals surface area contributed by atoms with Crippen LogP contribution >= 0.6 is 23.2 Å². The van der Waals surface area contributed by atoms with E-state index >= 15 is 0 Å². The summed E-state index contributed by atoms with van der Waals surface area (Å²) in [6, 6.07) is 12.7. The van der Waals surface area contributed by atoms with E-state index in [2.05, 4.69) is 6.58 Å². The topological polar surface area (TPSA) is 76.4 Å². The van der Waals surface area contributed by atoms with Gasteiger partial charge in [0.2, 0.25) is 10.0 Å². The first-order valence-electron chi connectivity index (χ1n) is 8.33. The summed E-state index contributed by atoms with van der Waals surface area (Å²) in [7, 11) is -4.07. The van der Waals surface area contributed by atoms with E-state index < -0.39 is 27.2 Å². The number of carbonyl (C=O) groups is 1. The zero-order valence-corrected chi connectivity index (χ0v) is 17.2. The van der Waals surface area contributed by atoms with Crippen molar-refractivity contribution >= 4 is 50.1 Å². The number of hydrogen-bond acceptors (Lipinski definition) is 3. The predicted octanol–water partition coefficient (Wildman–Crippen LogP) is 5.24. The van der Waals surface area contributed by atoms with E-state index in [0.717, 1.165) is 3.97 Å². The molecule has 0 aliphatic rings. The van der Waals surface area contributed by atoms with Crippen molar-refractivity contribution in [2.45, 2.75) is 18.1 Å². The summed E-state index contributed by atoms with van der Waals surface area (Å²) in [5, 5.41) is 9.83. The number of rotatable bonds is 6. The zero-order chi connectivity index (χ0) is 20.6. The van der Waals surface area contributed by atoms with Crippen LogP contribution in [0.3, 0.4) is 0 Å². The van der Waals surface area contributed by atoms with E-state index in [4.69, 9.17) is 23.2 Å². The first-order chi connectivity index (χ1) is 13.2. The average Bonchev–Trinajstić information content (AvgIpc) is 3.02. The summed E-state index contributed by atoms with van der Waals surface area (Å²) in [4.78, 5) is 11.6. The van der Waals surface area contributed by atoms with Crippen molar-refractivity contribution < 1.29 is 18.3 Å². The molecular formula is C20H17Cl2NO4S. The van der Waals surface area contributed by atoms with Gasteiger partial charge >= 0.3 is 5.97 Å². The third kappa shape index (κ3) is 3.55. The van der Waals surface area contributed by atoms with Crippen molar-refractivity contribution in [2.75, 3.05) is 0 Å². The van der Waals surface area contributed by atoms with E-state index in [9.17, 15) is 18.3 Å². The maximum atomic E-state index is 13.6. The van der Waals surface area contributed by atoms with Gasteiger partial charge in [-0.25, -0.2) is 12.4 Å². The molecule has 3 aromatic rings. The summed E-state index contributed by atoms with van der Waals surface area (Å²) in [5.74, 6) is -2.18. The van der Waals surface area contributed by atoms with Crippen LogP contribution in [0, 0.1) is 0 Å². The molecule has 146 valence electrons. The normalized spacial score (nSPS) is 14.0. The summed E-state index contributed by atoms with van der Waals surface area (Å²) < 4.78 is 28.3. The van der Waals surface area contributed by atoms with Crippen LogP contribution < -0.4 is 0 Å². The second kappa shape index (κ2) is 7.62. The number of carboxylic acids is 1. The Morgan fingerprint density at radius 1 is 1.11 bits per heavy atom. The third-order valence-electron chi connectivity index (χ3n) is 4.55. The zero-order valence-electron chi connectivity index (χ0n) is 14.8. The van der Waals surface area contributed by atoms with Gasteiger partial charge in [-0.05, 0) is 48.9 Å². The fourth-order valence-corrected chi connectivity index (χ4v) is 5.31. The SMILES string of the molecule is C=CC(c1ccc(Cl)cc1)S(=O)(=O)n1c(C(C)C(=O)O)cc2cc(Cl)ccc21. The minimum absolute atomic E-state index is 0.144. The molecule has 2 atom stereocenters. The highest BCUT2D eigenvalue weighted by Gasteiger charge is 2.32. The lowest BCUT2D eigenvalue weighted by Gasteiger charge is -2.20. The van der Waals surface area contributed by atoms with Crippen molar-refractivity contribution in [3.05, 3.63) is 82.5 Å². The third-order valence-corrected chi connectivity index (χ3v) is 7.06. The molecule has 3 rings (SSSR count). The van der Waals surface area contributed by atoms with Gasteiger partial charge in [-0.1, -0.05) is 41.4 Å². The quantitative estimate of drug-likeness (QED) is 0.534. The van der Waals surface area contributed by atoms with Crippen LogP contribution in [0.25, 0.3) is 10.9 Å². The van der Waals surface area contributed by atoms with Crippen LogP contribution in [-0.4, -0.2) is 23.5 Å². The molecule has 0 spiro atoms. The lowest BCUT2D eigenvalue weighted by molar-refractivity contribution is -0.138. The van der Waals surface area contributed by atoms with Crippen LogP contribution in [0.1, 0.15) is 29.3 Å². The Hall–Kier alpha value is -2.28. The first kappa shape index (κ1) is 20.5. The highest BCUT2D eigenvalue weighted by Crippen LogP contribution is 2.35. The van der Waals surface area contributed by atoms with Crippen molar-refractivity contribution in [1.29, 1.82) is 0 Å². The van der Waals surface area contributed by atoms with Crippen LogP contribution in [0.15, 0.2) is 61.2 Å². The lowest BCUT2D eigenvalue weighted by atomic mass is 10.1. The minimum atomic E-state index is -4.07. The van der Waals surface area contributed by atoms with E-state index in [1.165, 1.54) is 13.0 Å². The van der Waals surface area contributed by atoms with Gasteiger partial charge in [0.15, 0.2) is 0 Å². The number of hydrogen-bond donors (Lipinski definition) is 1. The van der Waals surface area contributed by atoms with E-state index in [1.807, 2.05) is 0 Å². The number of aromatic nitrogens is 1. The molecule has 0 saturated heterocycles. The van der Waals surface area contributed by atoms with Gasteiger partial charge in [0.25, 0.3) is 0 Å². The maximum Gasteiger partial charge on any atom is 0.312 e. The molecule has 2 unspecified atom stereocenters. The number of carboxylic acid groups (broad SMARTS) is 1. The molecule has 0 aliphatic heterocycles. The molecule has 1 aromatic heterocycles. The number of nitrogens with zero attached hydrogens (tertiary/aromatic N) is 1. The summed E-state index contributed by atoms with van der Waals surface area (Å²) in [6.45, 7) is 5.12. The Kier molecular flexibility index (Phi) is 5.57. The van der Waals surface area contributed by atoms with Gasteiger partial charge in [-0.3, -0.25) is 4.79 Å². The van der Waals surface area contributed by atoms with Gasteiger partial charge in [0.05, 0.1) is 11.4 Å². The molecule has 0 radical (unpaired) electrons. The van der Waals surface area contributed by atoms with Gasteiger partial charge in [-0.2, -0.15) is 0 Å². The Morgan fingerprint density at radius 2 is 1.71 bits per heavy atom. The monoisotopic (exact) mass is 437 g/mol. The fraction of sp³-hybridized carbons (Fsp3) is 0.150. The fourth-order valence-electron chi connectivity index (χ4n) is 3.09. The van der Waals surface area contributed by atoms with E-state index in [1.54, 1.807) is 48.5 Å². The Morgan fingerprint density at radius 3 is 2.29 bits per heavy atom. The smallest absolute Gasteiger partial charge is 0.312 e. The number of halogens is 2. The van der Waals surface area contributed by atoms with Crippen LogP contribution in [0.4, 0.5) is 0 Å². The predicted molar refractivity (Wildman–Crippen MR) is 112 cm³/mol.